The second-order valence-corrected chi connectivity index (χ2v) is 3.64. The van der Waals surface area contributed by atoms with E-state index in [0.29, 0.717) is 18.9 Å². The van der Waals surface area contributed by atoms with Crippen LogP contribution in [0.3, 0.4) is 0 Å². The van der Waals surface area contributed by atoms with E-state index in [-0.39, 0.29) is 5.97 Å². The van der Waals surface area contributed by atoms with Crippen LogP contribution in [0.25, 0.3) is 0 Å². The first-order valence-electron chi connectivity index (χ1n) is 4.97. The van der Waals surface area contributed by atoms with Gasteiger partial charge in [0.25, 0.3) is 0 Å². The minimum absolute atomic E-state index is 0.374. The van der Waals surface area contributed by atoms with Gasteiger partial charge in [-0.05, 0) is 5.92 Å². The zero-order chi connectivity index (χ0) is 11.7. The van der Waals surface area contributed by atoms with E-state index in [1.54, 1.807) is 6.20 Å². The molecule has 0 bridgehead atoms. The Balaban J connectivity index is 4.17. The van der Waals surface area contributed by atoms with Crippen LogP contribution in [-0.4, -0.2) is 31.1 Å². The van der Waals surface area contributed by atoms with E-state index in [1.807, 2.05) is 4.90 Å². The fraction of sp³-hybridized carbons (Fsp3) is 0.636. The van der Waals surface area contributed by atoms with Gasteiger partial charge in [-0.2, -0.15) is 5.26 Å². The maximum absolute atomic E-state index is 10.9. The van der Waals surface area contributed by atoms with E-state index < -0.39 is 0 Å². The Morgan fingerprint density at radius 2 is 2.27 bits per heavy atom. The average Bonchev–Trinajstić information content (AvgIpc) is 2.20. The molecule has 0 aromatic heterocycles. The van der Waals surface area contributed by atoms with Crippen LogP contribution in [0.4, 0.5) is 0 Å². The van der Waals surface area contributed by atoms with Gasteiger partial charge in [-0.1, -0.05) is 13.8 Å². The van der Waals surface area contributed by atoms with Crippen LogP contribution in [0.5, 0.6) is 0 Å². The van der Waals surface area contributed by atoms with Gasteiger partial charge in [0.05, 0.1) is 19.6 Å². The largest absolute Gasteiger partial charge is 0.466 e. The van der Waals surface area contributed by atoms with Gasteiger partial charge in [0.2, 0.25) is 0 Å². The number of carbonyl (C=O) groups is 1. The summed E-state index contributed by atoms with van der Waals surface area (Å²) in [5.74, 6) is 0.117. The third-order valence-corrected chi connectivity index (χ3v) is 1.73. The summed E-state index contributed by atoms with van der Waals surface area (Å²) in [5, 5.41) is 8.48. The van der Waals surface area contributed by atoms with Crippen molar-refractivity contribution in [2.45, 2.75) is 20.3 Å². The van der Waals surface area contributed by atoms with Crippen LogP contribution in [-0.2, 0) is 9.53 Å². The Hall–Kier alpha value is -1.50. The van der Waals surface area contributed by atoms with E-state index in [4.69, 9.17) is 5.26 Å². The molecular weight excluding hydrogens is 192 g/mol. The molecule has 0 aromatic rings. The molecule has 0 amide bonds. The summed E-state index contributed by atoms with van der Waals surface area (Å²) >= 11 is 0. The Labute approximate surface area is 91.1 Å². The molecular formula is C11H18N2O2. The van der Waals surface area contributed by atoms with Gasteiger partial charge in [0.15, 0.2) is 0 Å². The van der Waals surface area contributed by atoms with Crippen LogP contribution in [0.2, 0.25) is 0 Å². The molecule has 4 nitrogen and oxygen atoms in total. The van der Waals surface area contributed by atoms with Gasteiger partial charge >= 0.3 is 5.97 Å². The third kappa shape index (κ3) is 7.56. The number of esters is 1. The summed E-state index contributed by atoms with van der Waals surface area (Å²) in [5.41, 5.74) is 0. The van der Waals surface area contributed by atoms with Gasteiger partial charge < -0.3 is 9.64 Å². The SMILES string of the molecule is COC(=O)C=CN(CCC#N)CC(C)C. The van der Waals surface area contributed by atoms with Crippen molar-refractivity contribution in [3.63, 3.8) is 0 Å². The van der Waals surface area contributed by atoms with Gasteiger partial charge in [-0.3, -0.25) is 0 Å². The molecule has 0 unspecified atom stereocenters. The highest BCUT2D eigenvalue weighted by Gasteiger charge is 2.03. The van der Waals surface area contributed by atoms with E-state index in [2.05, 4.69) is 24.7 Å². The zero-order valence-electron chi connectivity index (χ0n) is 9.56. The lowest BCUT2D eigenvalue weighted by atomic mass is 10.2. The highest BCUT2D eigenvalue weighted by Crippen LogP contribution is 2.00. The number of ether oxygens (including phenoxy) is 1. The van der Waals surface area contributed by atoms with Gasteiger partial charge in [0, 0.05) is 25.4 Å². The highest BCUT2D eigenvalue weighted by atomic mass is 16.5. The molecule has 0 spiro atoms. The number of nitriles is 1. The molecule has 0 saturated heterocycles. The number of methoxy groups -OCH3 is 1. The molecule has 0 heterocycles. The number of hydrogen-bond acceptors (Lipinski definition) is 4. The topological polar surface area (TPSA) is 53.3 Å². The zero-order valence-corrected chi connectivity index (χ0v) is 9.56. The Kier molecular flexibility index (Phi) is 7.08. The molecule has 0 fully saturated rings. The first-order valence-corrected chi connectivity index (χ1v) is 4.97. The van der Waals surface area contributed by atoms with Crippen LogP contribution in [0.1, 0.15) is 20.3 Å². The molecule has 0 radical (unpaired) electrons. The van der Waals surface area contributed by atoms with Crippen molar-refractivity contribution < 1.29 is 9.53 Å². The Morgan fingerprint density at radius 3 is 2.73 bits per heavy atom. The number of hydrogen-bond donors (Lipinski definition) is 0. The monoisotopic (exact) mass is 210 g/mol. The average molecular weight is 210 g/mol. The Morgan fingerprint density at radius 1 is 1.60 bits per heavy atom. The summed E-state index contributed by atoms with van der Waals surface area (Å²) in [6.07, 6.45) is 3.52. The molecule has 0 N–H and O–H groups in total. The van der Waals surface area contributed by atoms with Crippen molar-refractivity contribution in [3.8, 4) is 6.07 Å². The second kappa shape index (κ2) is 7.86. The number of nitrogens with zero attached hydrogens (tertiary/aromatic N) is 2. The first-order chi connectivity index (χ1) is 7.10. The van der Waals surface area contributed by atoms with Gasteiger partial charge in [-0.15, -0.1) is 0 Å². The van der Waals surface area contributed by atoms with Crippen molar-refractivity contribution in [3.05, 3.63) is 12.3 Å². The van der Waals surface area contributed by atoms with Crippen LogP contribution in [0.15, 0.2) is 12.3 Å². The van der Waals surface area contributed by atoms with Crippen LogP contribution in [0, 0.1) is 17.2 Å². The minimum Gasteiger partial charge on any atom is -0.466 e. The van der Waals surface area contributed by atoms with Crippen LogP contribution < -0.4 is 0 Å². The molecule has 0 saturated carbocycles. The van der Waals surface area contributed by atoms with Gasteiger partial charge in [0.1, 0.15) is 0 Å². The molecule has 0 aliphatic heterocycles. The Bertz CT molecular complexity index is 254. The highest BCUT2D eigenvalue weighted by molar-refractivity contribution is 5.81. The summed E-state index contributed by atoms with van der Waals surface area (Å²) in [6.45, 7) is 5.65. The minimum atomic E-state index is -0.374. The first kappa shape index (κ1) is 13.5. The lowest BCUT2D eigenvalue weighted by Gasteiger charge is -2.20. The van der Waals surface area contributed by atoms with E-state index in [9.17, 15) is 4.79 Å². The molecule has 0 aromatic carbocycles. The standard InChI is InChI=1S/C11H18N2O2/c1-10(2)9-13(7-4-6-12)8-5-11(14)15-3/h5,8,10H,4,7,9H2,1-3H3. The molecule has 84 valence electrons. The molecule has 15 heavy (non-hydrogen) atoms. The lowest BCUT2D eigenvalue weighted by Crippen LogP contribution is -2.23. The third-order valence-electron chi connectivity index (χ3n) is 1.73. The molecule has 0 atom stereocenters. The second-order valence-electron chi connectivity index (χ2n) is 3.64. The maximum Gasteiger partial charge on any atom is 0.331 e. The molecule has 0 rings (SSSR count). The lowest BCUT2D eigenvalue weighted by molar-refractivity contribution is -0.134. The predicted octanol–water partition coefficient (Wildman–Crippen LogP) is 1.54. The molecule has 4 heteroatoms. The fourth-order valence-electron chi connectivity index (χ4n) is 1.12. The van der Waals surface area contributed by atoms with E-state index in [0.717, 1.165) is 6.54 Å². The summed E-state index contributed by atoms with van der Waals surface area (Å²) in [6, 6.07) is 2.08. The van der Waals surface area contributed by atoms with Gasteiger partial charge in [-0.25, -0.2) is 4.79 Å². The molecule has 0 aliphatic rings. The number of rotatable bonds is 6. The smallest absolute Gasteiger partial charge is 0.331 e. The maximum atomic E-state index is 10.9. The van der Waals surface area contributed by atoms with E-state index >= 15 is 0 Å². The quantitative estimate of drug-likeness (QED) is 0.493. The number of carbonyl (C=O) groups excluding carboxylic acids is 1. The van der Waals surface area contributed by atoms with Crippen molar-refractivity contribution in [1.82, 2.24) is 4.90 Å². The van der Waals surface area contributed by atoms with Crippen molar-refractivity contribution in [2.24, 2.45) is 5.92 Å². The normalized spacial score (nSPS) is 10.3. The van der Waals surface area contributed by atoms with Crippen molar-refractivity contribution in [1.29, 1.82) is 5.26 Å². The fourth-order valence-corrected chi connectivity index (χ4v) is 1.12. The van der Waals surface area contributed by atoms with Crippen molar-refractivity contribution >= 4 is 5.97 Å². The van der Waals surface area contributed by atoms with E-state index in [1.165, 1.54) is 13.2 Å². The molecule has 0 aliphatic carbocycles. The summed E-state index contributed by atoms with van der Waals surface area (Å²) in [4.78, 5) is 12.8. The summed E-state index contributed by atoms with van der Waals surface area (Å²) in [7, 11) is 1.34. The summed E-state index contributed by atoms with van der Waals surface area (Å²) < 4.78 is 4.49. The predicted molar refractivity (Wildman–Crippen MR) is 57.8 cm³/mol. The van der Waals surface area contributed by atoms with Crippen molar-refractivity contribution in [2.75, 3.05) is 20.2 Å². The van der Waals surface area contributed by atoms with Crippen LogP contribution >= 0.6 is 0 Å².